The number of aryl methyl sites for hydroxylation is 2. The molecule has 54 valence electrons. The van der Waals surface area contributed by atoms with E-state index in [2.05, 4.69) is 16.6 Å². The van der Waals surface area contributed by atoms with Crippen LogP contribution in [0.5, 0.6) is 0 Å². The highest BCUT2D eigenvalue weighted by Crippen LogP contribution is 2.18. The first-order valence-electron chi connectivity index (χ1n) is 3.87. The average molecular weight is 136 g/mol. The number of hydrogen-bond donors (Lipinski definition) is 0. The largest absolute Gasteiger partial charge is 0.337 e. The normalized spacial score (nSPS) is 16.9. The molecule has 10 heavy (non-hydrogen) atoms. The molecule has 0 saturated carbocycles. The van der Waals surface area contributed by atoms with Crippen LogP contribution in [-0.2, 0) is 19.9 Å². The van der Waals surface area contributed by atoms with Crippen LogP contribution in [-0.4, -0.2) is 9.55 Å². The maximum absolute atomic E-state index is 4.32. The Morgan fingerprint density at radius 3 is 3.00 bits per heavy atom. The van der Waals surface area contributed by atoms with Crippen LogP contribution >= 0.6 is 0 Å². The molecule has 1 aliphatic rings. The molecule has 0 radical (unpaired) electrons. The van der Waals surface area contributed by atoms with Crippen LogP contribution in [0.15, 0.2) is 6.33 Å². The highest BCUT2D eigenvalue weighted by atomic mass is 15.0. The van der Waals surface area contributed by atoms with E-state index in [0.29, 0.717) is 0 Å². The SMILES string of the molecule is Cn1cnc2c1CCCC2. The number of fused-ring (bicyclic) bond motifs is 1. The summed E-state index contributed by atoms with van der Waals surface area (Å²) < 4.78 is 2.15. The third kappa shape index (κ3) is 0.753. The Morgan fingerprint density at radius 2 is 2.20 bits per heavy atom. The van der Waals surface area contributed by atoms with Crippen molar-refractivity contribution in [1.29, 1.82) is 0 Å². The molecule has 1 aromatic heterocycles. The van der Waals surface area contributed by atoms with Crippen LogP contribution < -0.4 is 0 Å². The topological polar surface area (TPSA) is 17.8 Å². The third-order valence-electron chi connectivity index (χ3n) is 2.22. The lowest BCUT2D eigenvalue weighted by Gasteiger charge is -2.10. The molecule has 0 fully saturated rings. The summed E-state index contributed by atoms with van der Waals surface area (Å²) >= 11 is 0. The van der Waals surface area contributed by atoms with E-state index in [0.717, 1.165) is 0 Å². The van der Waals surface area contributed by atoms with Crippen LogP contribution in [0.4, 0.5) is 0 Å². The van der Waals surface area contributed by atoms with E-state index in [1.807, 2.05) is 6.33 Å². The summed E-state index contributed by atoms with van der Waals surface area (Å²) in [5, 5.41) is 0. The Labute approximate surface area is 60.9 Å². The van der Waals surface area contributed by atoms with Crippen LogP contribution in [0.1, 0.15) is 24.2 Å². The van der Waals surface area contributed by atoms with Gasteiger partial charge in [-0.1, -0.05) is 0 Å². The average Bonchev–Trinajstić information content (AvgIpc) is 2.34. The van der Waals surface area contributed by atoms with E-state index in [9.17, 15) is 0 Å². The van der Waals surface area contributed by atoms with Gasteiger partial charge in [0, 0.05) is 12.7 Å². The van der Waals surface area contributed by atoms with Gasteiger partial charge in [-0.25, -0.2) is 4.98 Å². The fourth-order valence-electron chi connectivity index (χ4n) is 1.62. The van der Waals surface area contributed by atoms with Gasteiger partial charge in [0.2, 0.25) is 0 Å². The first-order valence-corrected chi connectivity index (χ1v) is 3.87. The lowest BCUT2D eigenvalue weighted by atomic mass is 10.0. The molecule has 0 aromatic carbocycles. The summed E-state index contributed by atoms with van der Waals surface area (Å²) in [5.41, 5.74) is 2.78. The van der Waals surface area contributed by atoms with Crippen molar-refractivity contribution in [2.24, 2.45) is 7.05 Å². The molecular formula is C8H12N2. The minimum absolute atomic E-state index is 1.19. The lowest BCUT2D eigenvalue weighted by molar-refractivity contribution is 0.643. The number of rotatable bonds is 0. The molecule has 1 heterocycles. The second kappa shape index (κ2) is 2.11. The van der Waals surface area contributed by atoms with Crippen LogP contribution in [0.25, 0.3) is 0 Å². The van der Waals surface area contributed by atoms with Crippen LogP contribution in [0.3, 0.4) is 0 Å². The van der Waals surface area contributed by atoms with Crippen molar-refractivity contribution in [2.75, 3.05) is 0 Å². The third-order valence-corrected chi connectivity index (χ3v) is 2.22. The van der Waals surface area contributed by atoms with Gasteiger partial charge in [0.25, 0.3) is 0 Å². The van der Waals surface area contributed by atoms with Crippen LogP contribution in [0, 0.1) is 0 Å². The Hall–Kier alpha value is -0.790. The molecule has 0 spiro atoms. The Kier molecular flexibility index (Phi) is 1.26. The minimum atomic E-state index is 1.19. The number of nitrogens with zero attached hydrogens (tertiary/aromatic N) is 2. The van der Waals surface area contributed by atoms with Crippen molar-refractivity contribution >= 4 is 0 Å². The molecule has 0 unspecified atom stereocenters. The predicted molar refractivity (Wildman–Crippen MR) is 39.9 cm³/mol. The van der Waals surface area contributed by atoms with Gasteiger partial charge in [0.1, 0.15) is 0 Å². The number of hydrogen-bond acceptors (Lipinski definition) is 1. The van der Waals surface area contributed by atoms with E-state index in [4.69, 9.17) is 0 Å². The van der Waals surface area contributed by atoms with Crippen molar-refractivity contribution in [3.8, 4) is 0 Å². The van der Waals surface area contributed by atoms with Crippen molar-refractivity contribution in [3.05, 3.63) is 17.7 Å². The standard InChI is InChI=1S/C8H12N2/c1-10-6-9-7-4-2-3-5-8(7)10/h6H,2-5H2,1H3. The van der Waals surface area contributed by atoms with E-state index < -0.39 is 0 Å². The van der Waals surface area contributed by atoms with Gasteiger partial charge in [0.15, 0.2) is 0 Å². The van der Waals surface area contributed by atoms with Crippen molar-refractivity contribution in [2.45, 2.75) is 25.7 Å². The zero-order valence-corrected chi connectivity index (χ0v) is 6.30. The smallest absolute Gasteiger partial charge is 0.0949 e. The Bertz CT molecular complexity index is 237. The quantitative estimate of drug-likeness (QED) is 0.525. The molecular weight excluding hydrogens is 124 g/mol. The fraction of sp³-hybridized carbons (Fsp3) is 0.625. The van der Waals surface area contributed by atoms with E-state index in [1.165, 1.54) is 37.1 Å². The second-order valence-corrected chi connectivity index (χ2v) is 2.96. The maximum Gasteiger partial charge on any atom is 0.0949 e. The van der Waals surface area contributed by atoms with E-state index in [-0.39, 0.29) is 0 Å². The Balaban J connectivity index is 2.45. The fourth-order valence-corrected chi connectivity index (χ4v) is 1.62. The first-order chi connectivity index (χ1) is 4.88. The monoisotopic (exact) mass is 136 g/mol. The second-order valence-electron chi connectivity index (χ2n) is 2.96. The molecule has 0 aliphatic heterocycles. The summed E-state index contributed by atoms with van der Waals surface area (Å²) in [4.78, 5) is 4.32. The molecule has 2 nitrogen and oxygen atoms in total. The van der Waals surface area contributed by atoms with E-state index in [1.54, 1.807) is 0 Å². The lowest BCUT2D eigenvalue weighted by Crippen LogP contribution is -2.04. The highest BCUT2D eigenvalue weighted by Gasteiger charge is 2.12. The molecule has 0 saturated heterocycles. The van der Waals surface area contributed by atoms with Crippen LogP contribution in [0.2, 0.25) is 0 Å². The van der Waals surface area contributed by atoms with Gasteiger partial charge in [-0.2, -0.15) is 0 Å². The van der Waals surface area contributed by atoms with Crippen molar-refractivity contribution < 1.29 is 0 Å². The summed E-state index contributed by atoms with van der Waals surface area (Å²) in [6, 6.07) is 0. The molecule has 2 heteroatoms. The van der Waals surface area contributed by atoms with Crippen molar-refractivity contribution in [3.63, 3.8) is 0 Å². The summed E-state index contributed by atoms with van der Waals surface area (Å²) in [5.74, 6) is 0. The minimum Gasteiger partial charge on any atom is -0.337 e. The van der Waals surface area contributed by atoms with Gasteiger partial charge in [0.05, 0.1) is 12.0 Å². The number of imidazole rings is 1. The van der Waals surface area contributed by atoms with E-state index >= 15 is 0 Å². The highest BCUT2D eigenvalue weighted by molar-refractivity contribution is 5.15. The molecule has 0 bridgehead atoms. The summed E-state index contributed by atoms with van der Waals surface area (Å²) in [6.07, 6.45) is 7.01. The molecule has 1 aliphatic carbocycles. The van der Waals surface area contributed by atoms with Gasteiger partial charge in [-0.3, -0.25) is 0 Å². The zero-order chi connectivity index (χ0) is 6.97. The molecule has 0 amide bonds. The van der Waals surface area contributed by atoms with Gasteiger partial charge < -0.3 is 4.57 Å². The number of aromatic nitrogens is 2. The predicted octanol–water partition coefficient (Wildman–Crippen LogP) is 1.30. The first kappa shape index (κ1) is 5.96. The molecule has 0 N–H and O–H groups in total. The summed E-state index contributed by atoms with van der Waals surface area (Å²) in [6.45, 7) is 0. The zero-order valence-electron chi connectivity index (χ0n) is 6.30. The molecule has 2 rings (SSSR count). The van der Waals surface area contributed by atoms with Gasteiger partial charge >= 0.3 is 0 Å². The van der Waals surface area contributed by atoms with Gasteiger partial charge in [-0.15, -0.1) is 0 Å². The summed E-state index contributed by atoms with van der Waals surface area (Å²) in [7, 11) is 2.08. The Morgan fingerprint density at radius 1 is 1.40 bits per heavy atom. The maximum atomic E-state index is 4.32. The molecule has 1 aromatic rings. The van der Waals surface area contributed by atoms with Gasteiger partial charge in [-0.05, 0) is 25.7 Å². The molecule has 0 atom stereocenters. The van der Waals surface area contributed by atoms with Crippen molar-refractivity contribution in [1.82, 2.24) is 9.55 Å².